The molecule has 2 amide bonds. The third-order valence-electron chi connectivity index (χ3n) is 3.78. The van der Waals surface area contributed by atoms with Crippen LogP contribution in [0.1, 0.15) is 23.7 Å². The van der Waals surface area contributed by atoms with Gasteiger partial charge in [-0.2, -0.15) is 0 Å². The Morgan fingerprint density at radius 2 is 1.81 bits per heavy atom. The van der Waals surface area contributed by atoms with Crippen molar-refractivity contribution in [1.29, 1.82) is 0 Å². The summed E-state index contributed by atoms with van der Waals surface area (Å²) in [7, 11) is 1.55. The van der Waals surface area contributed by atoms with Crippen LogP contribution in [0.3, 0.4) is 0 Å². The summed E-state index contributed by atoms with van der Waals surface area (Å²) in [4.78, 5) is 24.9. The number of anilines is 1. The number of carbonyl (C=O) groups is 2. The molecule has 0 heterocycles. The van der Waals surface area contributed by atoms with Crippen molar-refractivity contribution in [2.24, 2.45) is 0 Å². The molecule has 1 atom stereocenters. The van der Waals surface area contributed by atoms with Gasteiger partial charge in [0, 0.05) is 13.7 Å². The Labute approximate surface area is 157 Å². The molecule has 0 radical (unpaired) electrons. The predicted octanol–water partition coefficient (Wildman–Crippen LogP) is 3.00. The first-order valence-electron chi connectivity index (χ1n) is 8.64. The Bertz CT molecular complexity index is 765. The summed E-state index contributed by atoms with van der Waals surface area (Å²) in [6.45, 7) is 2.56. The Kier molecular flexibility index (Phi) is 7.76. The summed E-state index contributed by atoms with van der Waals surface area (Å²) < 4.78 is 23.5. The van der Waals surface area contributed by atoms with E-state index in [1.807, 2.05) is 0 Å². The summed E-state index contributed by atoms with van der Waals surface area (Å²) in [5.74, 6) is -0.688. The van der Waals surface area contributed by atoms with Gasteiger partial charge in [0.25, 0.3) is 11.8 Å². The van der Waals surface area contributed by atoms with E-state index in [0.717, 1.165) is 0 Å². The van der Waals surface area contributed by atoms with E-state index in [2.05, 4.69) is 10.6 Å². The number of para-hydroxylation sites is 1. The van der Waals surface area contributed by atoms with Gasteiger partial charge < -0.3 is 20.1 Å². The Hall–Kier alpha value is -2.93. The molecule has 2 aromatic rings. The number of halogens is 1. The molecule has 144 valence electrons. The first-order chi connectivity index (χ1) is 13.0. The zero-order chi connectivity index (χ0) is 19.6. The summed E-state index contributed by atoms with van der Waals surface area (Å²) in [6.07, 6.45) is -0.370. The molecule has 0 aliphatic heterocycles. The van der Waals surface area contributed by atoms with Crippen LogP contribution in [0.5, 0.6) is 5.75 Å². The molecular formula is C20H23FN2O4. The van der Waals surface area contributed by atoms with Crippen LogP contribution < -0.4 is 15.4 Å². The first-order valence-corrected chi connectivity index (χ1v) is 8.64. The van der Waals surface area contributed by atoms with Crippen molar-refractivity contribution >= 4 is 17.5 Å². The quantitative estimate of drug-likeness (QED) is 0.662. The van der Waals surface area contributed by atoms with Crippen molar-refractivity contribution in [3.05, 3.63) is 59.9 Å². The maximum atomic E-state index is 13.0. The number of amides is 2. The van der Waals surface area contributed by atoms with Crippen LogP contribution in [-0.2, 0) is 9.53 Å². The zero-order valence-electron chi connectivity index (χ0n) is 15.3. The zero-order valence-corrected chi connectivity index (χ0v) is 15.3. The molecule has 6 nitrogen and oxygen atoms in total. The van der Waals surface area contributed by atoms with E-state index in [4.69, 9.17) is 9.47 Å². The van der Waals surface area contributed by atoms with Gasteiger partial charge in [-0.3, -0.25) is 9.59 Å². The normalized spacial score (nSPS) is 11.5. The highest BCUT2D eigenvalue weighted by molar-refractivity contribution is 6.04. The lowest BCUT2D eigenvalue weighted by Gasteiger charge is -2.18. The van der Waals surface area contributed by atoms with Crippen LogP contribution in [0.15, 0.2) is 48.5 Å². The van der Waals surface area contributed by atoms with Gasteiger partial charge in [0.05, 0.1) is 17.9 Å². The standard InChI is InChI=1S/C20H23FN2O4/c1-3-18(27-15-10-8-14(21)9-11-15)20(25)23-17-7-5-4-6-16(17)19(24)22-12-13-26-2/h4-11,18H,3,12-13H2,1-2H3,(H,22,24)(H,23,25). The monoisotopic (exact) mass is 374 g/mol. The number of benzene rings is 2. The second-order valence-electron chi connectivity index (χ2n) is 5.75. The van der Waals surface area contributed by atoms with Crippen molar-refractivity contribution in [3.63, 3.8) is 0 Å². The molecule has 0 saturated carbocycles. The summed E-state index contributed by atoms with van der Waals surface area (Å²) in [6, 6.07) is 12.2. The molecule has 1 unspecified atom stereocenters. The number of carbonyl (C=O) groups excluding carboxylic acids is 2. The molecular weight excluding hydrogens is 351 g/mol. The van der Waals surface area contributed by atoms with Crippen molar-refractivity contribution in [2.75, 3.05) is 25.6 Å². The third-order valence-corrected chi connectivity index (χ3v) is 3.78. The molecule has 2 N–H and O–H groups in total. The number of hydrogen-bond acceptors (Lipinski definition) is 4. The van der Waals surface area contributed by atoms with Crippen LogP contribution in [0.4, 0.5) is 10.1 Å². The average molecular weight is 374 g/mol. The minimum absolute atomic E-state index is 0.310. The highest BCUT2D eigenvalue weighted by Gasteiger charge is 2.21. The van der Waals surface area contributed by atoms with Crippen LogP contribution in [0.25, 0.3) is 0 Å². The van der Waals surface area contributed by atoms with Gasteiger partial charge in [0.15, 0.2) is 6.10 Å². The number of rotatable bonds is 9. The summed E-state index contributed by atoms with van der Waals surface area (Å²) in [5.41, 5.74) is 0.733. The fraction of sp³-hybridized carbons (Fsp3) is 0.300. The van der Waals surface area contributed by atoms with Crippen molar-refractivity contribution < 1.29 is 23.5 Å². The number of methoxy groups -OCH3 is 1. The van der Waals surface area contributed by atoms with Gasteiger partial charge in [-0.25, -0.2) is 4.39 Å². The summed E-state index contributed by atoms with van der Waals surface area (Å²) >= 11 is 0. The van der Waals surface area contributed by atoms with E-state index < -0.39 is 6.10 Å². The fourth-order valence-electron chi connectivity index (χ4n) is 2.36. The fourth-order valence-corrected chi connectivity index (χ4v) is 2.36. The average Bonchev–Trinajstić information content (AvgIpc) is 2.68. The van der Waals surface area contributed by atoms with E-state index in [0.29, 0.717) is 36.6 Å². The van der Waals surface area contributed by atoms with Gasteiger partial charge in [0.1, 0.15) is 11.6 Å². The lowest BCUT2D eigenvalue weighted by atomic mass is 10.1. The minimum Gasteiger partial charge on any atom is -0.481 e. The molecule has 7 heteroatoms. The lowest BCUT2D eigenvalue weighted by Crippen LogP contribution is -2.34. The largest absolute Gasteiger partial charge is 0.481 e. The summed E-state index contributed by atoms with van der Waals surface area (Å²) in [5, 5.41) is 5.45. The number of hydrogen-bond donors (Lipinski definition) is 2. The third kappa shape index (κ3) is 6.07. The van der Waals surface area contributed by atoms with Crippen molar-refractivity contribution in [3.8, 4) is 5.75 Å². The molecule has 0 fully saturated rings. The molecule has 27 heavy (non-hydrogen) atoms. The van der Waals surface area contributed by atoms with E-state index in [1.165, 1.54) is 24.3 Å². The van der Waals surface area contributed by atoms with Crippen LogP contribution in [0.2, 0.25) is 0 Å². The molecule has 2 rings (SSSR count). The highest BCUT2D eigenvalue weighted by atomic mass is 19.1. The van der Waals surface area contributed by atoms with Crippen LogP contribution in [-0.4, -0.2) is 38.2 Å². The lowest BCUT2D eigenvalue weighted by molar-refractivity contribution is -0.122. The maximum Gasteiger partial charge on any atom is 0.265 e. The molecule has 0 spiro atoms. The molecule has 0 aliphatic carbocycles. The number of ether oxygens (including phenoxy) is 2. The number of nitrogens with one attached hydrogen (secondary N) is 2. The van der Waals surface area contributed by atoms with Gasteiger partial charge >= 0.3 is 0 Å². The first kappa shape index (κ1) is 20.4. The Balaban J connectivity index is 2.07. The van der Waals surface area contributed by atoms with Gasteiger partial charge in [-0.1, -0.05) is 19.1 Å². The molecule has 0 bridgehead atoms. The second-order valence-corrected chi connectivity index (χ2v) is 5.75. The van der Waals surface area contributed by atoms with Gasteiger partial charge in [-0.05, 0) is 42.8 Å². The second kappa shape index (κ2) is 10.3. The van der Waals surface area contributed by atoms with E-state index >= 15 is 0 Å². The molecule has 0 saturated heterocycles. The molecule has 2 aromatic carbocycles. The smallest absolute Gasteiger partial charge is 0.265 e. The molecule has 0 aliphatic rings. The van der Waals surface area contributed by atoms with E-state index in [1.54, 1.807) is 38.3 Å². The highest BCUT2D eigenvalue weighted by Crippen LogP contribution is 2.18. The molecule has 0 aromatic heterocycles. The van der Waals surface area contributed by atoms with Crippen LogP contribution in [0, 0.1) is 5.82 Å². The van der Waals surface area contributed by atoms with Gasteiger partial charge in [-0.15, -0.1) is 0 Å². The van der Waals surface area contributed by atoms with Crippen molar-refractivity contribution in [2.45, 2.75) is 19.4 Å². The van der Waals surface area contributed by atoms with Gasteiger partial charge in [0.2, 0.25) is 0 Å². The van der Waals surface area contributed by atoms with E-state index in [9.17, 15) is 14.0 Å². The maximum absolute atomic E-state index is 13.0. The minimum atomic E-state index is -0.778. The Morgan fingerprint density at radius 1 is 1.11 bits per heavy atom. The SMILES string of the molecule is CCC(Oc1ccc(F)cc1)C(=O)Nc1ccccc1C(=O)NCCOC. The Morgan fingerprint density at radius 3 is 2.48 bits per heavy atom. The topological polar surface area (TPSA) is 76.7 Å². The van der Waals surface area contributed by atoms with Crippen LogP contribution >= 0.6 is 0 Å². The predicted molar refractivity (Wildman–Crippen MR) is 100 cm³/mol. The van der Waals surface area contributed by atoms with E-state index in [-0.39, 0.29) is 17.6 Å². The van der Waals surface area contributed by atoms with Crippen molar-refractivity contribution in [1.82, 2.24) is 5.32 Å².